The van der Waals surface area contributed by atoms with Crippen molar-refractivity contribution in [2.75, 3.05) is 6.61 Å². The van der Waals surface area contributed by atoms with Crippen LogP contribution in [0.4, 0.5) is 0 Å². The lowest BCUT2D eigenvalue weighted by molar-refractivity contribution is -0.206. The molecule has 39 heavy (non-hydrogen) atoms. The second-order valence-corrected chi connectivity index (χ2v) is 13.2. The van der Waals surface area contributed by atoms with Gasteiger partial charge in [0, 0.05) is 12.0 Å². The molecule has 209 valence electrons. The maximum Gasteiger partial charge on any atom is 0.339 e. The number of unbranched alkanes of at least 4 members (excludes halogenated alkanes) is 2. The predicted molar refractivity (Wildman–Crippen MR) is 156 cm³/mol. The lowest BCUT2D eigenvalue weighted by Gasteiger charge is -2.45. The molecule has 1 N–H and O–H groups in total. The van der Waals surface area contributed by atoms with Gasteiger partial charge < -0.3 is 19.0 Å². The fourth-order valence-electron chi connectivity index (χ4n) is 4.76. The molecule has 0 aliphatic heterocycles. The first-order valence-electron chi connectivity index (χ1n) is 13.6. The van der Waals surface area contributed by atoms with Crippen molar-refractivity contribution in [3.05, 3.63) is 83.9 Å². The summed E-state index contributed by atoms with van der Waals surface area (Å²) in [4.78, 5) is 26.2. The lowest BCUT2D eigenvalue weighted by atomic mass is 9.72. The quantitative estimate of drug-likeness (QED) is 0.135. The average molecular weight is 550 g/mol. The maximum absolute atomic E-state index is 13.4. The van der Waals surface area contributed by atoms with Crippen LogP contribution in [0.2, 0.25) is 13.1 Å². The summed E-state index contributed by atoms with van der Waals surface area (Å²) in [5.41, 5.74) is -0.730. The first-order chi connectivity index (χ1) is 18.5. The Morgan fingerprint density at radius 1 is 0.846 bits per heavy atom. The minimum absolute atomic E-state index is 0.0290. The zero-order valence-corrected chi connectivity index (χ0v) is 24.7. The van der Waals surface area contributed by atoms with Gasteiger partial charge in [0.1, 0.15) is 6.61 Å². The molecule has 1 radical (unpaired) electrons. The van der Waals surface area contributed by atoms with Crippen LogP contribution in [0.5, 0.6) is 0 Å². The molecular formula is C32H41O6Si. The van der Waals surface area contributed by atoms with Crippen molar-refractivity contribution in [1.82, 2.24) is 0 Å². The summed E-state index contributed by atoms with van der Waals surface area (Å²) in [7, 11) is -1.51. The third-order valence-electron chi connectivity index (χ3n) is 6.81. The molecule has 0 aliphatic rings. The fraction of sp³-hybridized carbons (Fsp3) is 0.438. The average Bonchev–Trinajstić information content (AvgIpc) is 2.89. The number of aryl methyl sites for hydroxylation is 1. The van der Waals surface area contributed by atoms with Gasteiger partial charge in [-0.1, -0.05) is 100.0 Å². The molecule has 0 fully saturated rings. The molecule has 0 bridgehead atoms. The monoisotopic (exact) mass is 549 g/mol. The van der Waals surface area contributed by atoms with Gasteiger partial charge in [0.25, 0.3) is 0 Å². The lowest BCUT2D eigenvalue weighted by Crippen LogP contribution is -2.65. The summed E-state index contributed by atoms with van der Waals surface area (Å²) in [5, 5.41) is 12.9. The van der Waals surface area contributed by atoms with Crippen LogP contribution < -0.4 is 0 Å². The Hall–Kier alpha value is -3.00. The van der Waals surface area contributed by atoms with Crippen molar-refractivity contribution in [1.29, 1.82) is 0 Å². The van der Waals surface area contributed by atoms with Gasteiger partial charge in [0.05, 0.1) is 0 Å². The van der Waals surface area contributed by atoms with Crippen molar-refractivity contribution in [2.24, 2.45) is 5.41 Å². The molecule has 3 aromatic carbocycles. The highest BCUT2D eigenvalue weighted by atomic mass is 28.3. The summed E-state index contributed by atoms with van der Waals surface area (Å²) in [6.07, 6.45) is 2.06. The summed E-state index contributed by atoms with van der Waals surface area (Å²) < 4.78 is 17.8. The van der Waals surface area contributed by atoms with Gasteiger partial charge in [-0.15, -0.1) is 0 Å². The predicted octanol–water partition coefficient (Wildman–Crippen LogP) is 6.82. The number of aliphatic carboxylic acids is 1. The molecule has 0 aromatic heterocycles. The highest BCUT2D eigenvalue weighted by molar-refractivity contribution is 6.48. The van der Waals surface area contributed by atoms with E-state index in [1.165, 1.54) is 16.3 Å². The molecule has 0 saturated heterocycles. The Morgan fingerprint density at radius 2 is 1.51 bits per heavy atom. The number of carboxylic acid groups (broad SMARTS) is 1. The van der Waals surface area contributed by atoms with E-state index in [1.807, 2.05) is 55.6 Å². The standard InChI is InChI=1S/C32H41O6Si/c1-31(2,3)32(30(34)35,38-39(4)5)28(29(33)37-23-25-15-8-6-9-16-25)36-21-13-7-10-14-24-19-20-26-17-11-12-18-27(26)22-24/h6,8-9,11-12,15-20,22,28H,7,10,13-14,21,23H2,1-5H3,(H,34,35)/t28-,32+/m0/s1. The highest BCUT2D eigenvalue weighted by Crippen LogP contribution is 2.40. The maximum atomic E-state index is 13.4. The molecule has 0 unspecified atom stereocenters. The van der Waals surface area contributed by atoms with Crippen molar-refractivity contribution in [2.45, 2.75) is 77.9 Å². The third-order valence-corrected chi connectivity index (χ3v) is 7.54. The fourth-order valence-corrected chi connectivity index (χ4v) is 5.90. The number of hydrogen-bond acceptors (Lipinski definition) is 5. The largest absolute Gasteiger partial charge is 0.479 e. The molecule has 0 amide bonds. The number of carbonyl (C=O) groups is 2. The Balaban J connectivity index is 1.67. The highest BCUT2D eigenvalue weighted by Gasteiger charge is 2.60. The van der Waals surface area contributed by atoms with Gasteiger partial charge in [-0.25, -0.2) is 9.59 Å². The molecule has 0 spiro atoms. The van der Waals surface area contributed by atoms with Gasteiger partial charge in [0.15, 0.2) is 11.7 Å². The van der Waals surface area contributed by atoms with E-state index < -0.39 is 38.1 Å². The van der Waals surface area contributed by atoms with Gasteiger partial charge in [-0.2, -0.15) is 0 Å². The Morgan fingerprint density at radius 3 is 2.15 bits per heavy atom. The SMILES string of the molecule is C[Si](C)O[C@@](C(=O)O)([C@@H](OCCCCCc1ccc2ccccc2c1)C(=O)OCc1ccccc1)C(C)(C)C. The molecule has 0 saturated carbocycles. The van der Waals surface area contributed by atoms with Gasteiger partial charge in [-0.05, 0) is 54.3 Å². The number of carbonyl (C=O) groups excluding carboxylic acids is 1. The number of fused-ring (bicyclic) bond motifs is 1. The van der Waals surface area contributed by atoms with E-state index in [1.54, 1.807) is 20.8 Å². The van der Waals surface area contributed by atoms with Crippen LogP contribution in [-0.2, 0) is 36.5 Å². The number of carboxylic acids is 1. The minimum Gasteiger partial charge on any atom is -0.479 e. The Labute approximate surface area is 234 Å². The second-order valence-electron chi connectivity index (χ2n) is 11.1. The van der Waals surface area contributed by atoms with E-state index in [0.29, 0.717) is 6.42 Å². The van der Waals surface area contributed by atoms with Crippen LogP contribution in [-0.4, -0.2) is 44.4 Å². The summed E-state index contributed by atoms with van der Waals surface area (Å²) in [5.74, 6) is -1.95. The molecule has 2 atom stereocenters. The molecule has 7 heteroatoms. The number of esters is 1. The van der Waals surface area contributed by atoms with Gasteiger partial charge in [0.2, 0.25) is 9.04 Å². The van der Waals surface area contributed by atoms with E-state index in [9.17, 15) is 14.7 Å². The van der Waals surface area contributed by atoms with Crippen LogP contribution in [0.1, 0.15) is 51.2 Å². The molecular weight excluding hydrogens is 508 g/mol. The summed E-state index contributed by atoms with van der Waals surface area (Å²) in [6.45, 7) is 9.25. The van der Waals surface area contributed by atoms with Crippen LogP contribution >= 0.6 is 0 Å². The number of ether oxygens (including phenoxy) is 2. The van der Waals surface area contributed by atoms with E-state index in [0.717, 1.165) is 24.8 Å². The van der Waals surface area contributed by atoms with Crippen molar-refractivity contribution < 1.29 is 28.6 Å². The number of rotatable bonds is 14. The summed E-state index contributed by atoms with van der Waals surface area (Å²) in [6, 6.07) is 24.1. The smallest absolute Gasteiger partial charge is 0.339 e. The van der Waals surface area contributed by atoms with Crippen LogP contribution in [0.15, 0.2) is 72.8 Å². The molecule has 3 rings (SSSR count). The molecule has 0 heterocycles. The van der Waals surface area contributed by atoms with Crippen LogP contribution in [0, 0.1) is 5.41 Å². The number of hydrogen-bond donors (Lipinski definition) is 1. The minimum atomic E-state index is -1.89. The molecule has 0 aliphatic carbocycles. The van der Waals surface area contributed by atoms with E-state index >= 15 is 0 Å². The zero-order valence-electron chi connectivity index (χ0n) is 23.7. The van der Waals surface area contributed by atoms with E-state index in [-0.39, 0.29) is 13.2 Å². The second kappa shape index (κ2) is 13.9. The Kier molecular flexibility index (Phi) is 10.9. The molecule has 6 nitrogen and oxygen atoms in total. The van der Waals surface area contributed by atoms with Crippen molar-refractivity contribution in [3.8, 4) is 0 Å². The number of benzene rings is 3. The first-order valence-corrected chi connectivity index (χ1v) is 16.0. The van der Waals surface area contributed by atoms with Crippen molar-refractivity contribution in [3.63, 3.8) is 0 Å². The normalized spacial score (nSPS) is 14.2. The topological polar surface area (TPSA) is 82.1 Å². The summed E-state index contributed by atoms with van der Waals surface area (Å²) >= 11 is 0. The van der Waals surface area contributed by atoms with Gasteiger partial charge in [-0.3, -0.25) is 0 Å². The zero-order chi connectivity index (χ0) is 28.5. The van der Waals surface area contributed by atoms with Crippen LogP contribution in [0.3, 0.4) is 0 Å². The van der Waals surface area contributed by atoms with E-state index in [2.05, 4.69) is 30.3 Å². The molecule has 3 aromatic rings. The first kappa shape index (κ1) is 30.5. The van der Waals surface area contributed by atoms with E-state index in [4.69, 9.17) is 13.9 Å². The third kappa shape index (κ3) is 8.00. The van der Waals surface area contributed by atoms with Gasteiger partial charge >= 0.3 is 11.9 Å². The van der Waals surface area contributed by atoms with Crippen molar-refractivity contribution >= 4 is 31.8 Å². The Bertz CT molecular complexity index is 1220. The van der Waals surface area contributed by atoms with Crippen LogP contribution in [0.25, 0.3) is 10.8 Å².